The van der Waals surface area contributed by atoms with Crippen molar-refractivity contribution in [2.75, 3.05) is 13.7 Å². The SMILES string of the molecule is COC(=O)CNC(=O)C(Cc1ccc(O[Si](C)(C)C)cc1)N/C(C)=C/C(C)=O. The number of benzene rings is 1. The molecule has 0 saturated carbocycles. The van der Waals surface area contributed by atoms with Crippen LogP contribution >= 0.6 is 0 Å². The largest absolute Gasteiger partial charge is 0.544 e. The van der Waals surface area contributed by atoms with Gasteiger partial charge in [0.2, 0.25) is 14.2 Å². The molecule has 0 heterocycles. The molecule has 0 fully saturated rings. The van der Waals surface area contributed by atoms with Crippen LogP contribution in [0.5, 0.6) is 5.75 Å². The van der Waals surface area contributed by atoms with Gasteiger partial charge in [-0.25, -0.2) is 0 Å². The van der Waals surface area contributed by atoms with Crippen LogP contribution in [-0.4, -0.2) is 45.7 Å². The van der Waals surface area contributed by atoms with E-state index in [4.69, 9.17) is 4.43 Å². The van der Waals surface area contributed by atoms with Crippen molar-refractivity contribution in [3.8, 4) is 5.75 Å². The minimum absolute atomic E-state index is 0.119. The van der Waals surface area contributed by atoms with E-state index in [0.717, 1.165) is 11.3 Å². The van der Waals surface area contributed by atoms with Crippen LogP contribution in [0.4, 0.5) is 0 Å². The number of carbonyl (C=O) groups is 3. The predicted octanol–water partition coefficient (Wildman–Crippen LogP) is 2.18. The molecule has 0 aliphatic heterocycles. The van der Waals surface area contributed by atoms with Crippen molar-refractivity contribution in [1.29, 1.82) is 0 Å². The molecule has 1 aromatic rings. The Morgan fingerprint density at radius 3 is 2.21 bits per heavy atom. The summed E-state index contributed by atoms with van der Waals surface area (Å²) in [7, 11) is -0.430. The van der Waals surface area contributed by atoms with Crippen LogP contribution in [0, 0.1) is 0 Å². The smallest absolute Gasteiger partial charge is 0.325 e. The first-order valence-electron chi connectivity index (χ1n) is 9.08. The molecule has 154 valence electrons. The number of amides is 1. The Morgan fingerprint density at radius 1 is 1.11 bits per heavy atom. The van der Waals surface area contributed by atoms with E-state index in [0.29, 0.717) is 12.1 Å². The number of esters is 1. The summed E-state index contributed by atoms with van der Waals surface area (Å²) in [4.78, 5) is 35.1. The first-order valence-corrected chi connectivity index (χ1v) is 12.5. The Balaban J connectivity index is 2.90. The van der Waals surface area contributed by atoms with Crippen molar-refractivity contribution in [2.24, 2.45) is 0 Å². The maximum absolute atomic E-state index is 12.5. The van der Waals surface area contributed by atoms with Gasteiger partial charge in [0.05, 0.1) is 7.11 Å². The van der Waals surface area contributed by atoms with Crippen LogP contribution in [0.2, 0.25) is 19.6 Å². The van der Waals surface area contributed by atoms with E-state index in [-0.39, 0.29) is 18.2 Å². The molecular formula is C20H30N2O5Si. The average molecular weight is 407 g/mol. The molecule has 8 heteroatoms. The Kier molecular flexibility index (Phi) is 8.91. The van der Waals surface area contributed by atoms with Crippen LogP contribution in [0.1, 0.15) is 19.4 Å². The first-order chi connectivity index (χ1) is 13.0. The third-order valence-electron chi connectivity index (χ3n) is 3.56. The number of hydrogen-bond acceptors (Lipinski definition) is 6. The summed E-state index contributed by atoms with van der Waals surface area (Å²) in [6, 6.07) is 6.93. The van der Waals surface area contributed by atoms with E-state index in [1.54, 1.807) is 6.92 Å². The number of rotatable bonds is 10. The van der Waals surface area contributed by atoms with Crippen LogP contribution in [0.15, 0.2) is 36.0 Å². The van der Waals surface area contributed by atoms with Crippen molar-refractivity contribution >= 4 is 26.0 Å². The van der Waals surface area contributed by atoms with Gasteiger partial charge in [-0.1, -0.05) is 12.1 Å². The molecule has 1 unspecified atom stereocenters. The highest BCUT2D eigenvalue weighted by molar-refractivity contribution is 6.70. The molecule has 7 nitrogen and oxygen atoms in total. The van der Waals surface area contributed by atoms with Gasteiger partial charge in [0.15, 0.2) is 5.78 Å². The van der Waals surface area contributed by atoms with Crippen LogP contribution < -0.4 is 15.1 Å². The highest BCUT2D eigenvalue weighted by atomic mass is 28.4. The lowest BCUT2D eigenvalue weighted by Gasteiger charge is -2.21. The number of methoxy groups -OCH3 is 1. The van der Waals surface area contributed by atoms with Crippen molar-refractivity contribution in [3.05, 3.63) is 41.6 Å². The quantitative estimate of drug-likeness (QED) is 0.351. The maximum atomic E-state index is 12.5. The van der Waals surface area contributed by atoms with E-state index < -0.39 is 20.3 Å². The summed E-state index contributed by atoms with van der Waals surface area (Å²) in [5.41, 5.74) is 1.49. The fraction of sp³-hybridized carbons (Fsp3) is 0.450. The van der Waals surface area contributed by atoms with Gasteiger partial charge in [-0.05, 0) is 57.3 Å². The van der Waals surface area contributed by atoms with Gasteiger partial charge in [0, 0.05) is 12.1 Å². The molecule has 1 amide bonds. The number of carbonyl (C=O) groups excluding carboxylic acids is 3. The van der Waals surface area contributed by atoms with E-state index in [1.807, 2.05) is 24.3 Å². The molecule has 0 saturated heterocycles. The Bertz CT molecular complexity index is 723. The number of hydrogen-bond donors (Lipinski definition) is 2. The molecule has 0 spiro atoms. The molecule has 0 aliphatic rings. The first kappa shape index (κ1) is 23.4. The lowest BCUT2D eigenvalue weighted by Crippen LogP contribution is -2.46. The van der Waals surface area contributed by atoms with Crippen molar-refractivity contribution in [1.82, 2.24) is 10.6 Å². The van der Waals surface area contributed by atoms with Gasteiger partial charge < -0.3 is 19.8 Å². The third kappa shape index (κ3) is 9.36. The summed E-state index contributed by atoms with van der Waals surface area (Å²) in [5, 5.41) is 5.59. The molecule has 28 heavy (non-hydrogen) atoms. The van der Waals surface area contributed by atoms with Crippen molar-refractivity contribution < 1.29 is 23.5 Å². The third-order valence-corrected chi connectivity index (χ3v) is 4.41. The molecule has 1 rings (SSSR count). The van der Waals surface area contributed by atoms with Crippen molar-refractivity contribution in [3.63, 3.8) is 0 Å². The summed E-state index contributed by atoms with van der Waals surface area (Å²) >= 11 is 0. The second-order valence-electron chi connectivity index (χ2n) is 7.49. The van der Waals surface area contributed by atoms with E-state index >= 15 is 0 Å². The van der Waals surface area contributed by atoms with Gasteiger partial charge in [-0.15, -0.1) is 0 Å². The van der Waals surface area contributed by atoms with Gasteiger partial charge in [0.1, 0.15) is 18.3 Å². The number of ether oxygens (including phenoxy) is 1. The van der Waals surface area contributed by atoms with E-state index in [9.17, 15) is 14.4 Å². The lowest BCUT2D eigenvalue weighted by molar-refractivity contribution is -0.141. The minimum Gasteiger partial charge on any atom is -0.544 e. The maximum Gasteiger partial charge on any atom is 0.325 e. The zero-order valence-electron chi connectivity index (χ0n) is 17.4. The molecule has 0 aromatic heterocycles. The standard InChI is InChI=1S/C20H30N2O5Si/c1-14(11-15(2)23)22-18(20(25)21-13-19(24)26-3)12-16-7-9-17(10-8-16)27-28(4,5)6/h7-11,18,22H,12-13H2,1-6H3,(H,21,25)/b14-11+. The molecule has 0 radical (unpaired) electrons. The number of ketones is 1. The Morgan fingerprint density at radius 2 is 1.71 bits per heavy atom. The second kappa shape index (κ2) is 10.7. The van der Waals surface area contributed by atoms with Crippen LogP contribution in [-0.2, 0) is 25.5 Å². The highest BCUT2D eigenvalue weighted by Gasteiger charge is 2.20. The Labute approximate surface area is 167 Å². The highest BCUT2D eigenvalue weighted by Crippen LogP contribution is 2.18. The minimum atomic E-state index is -1.69. The van der Waals surface area contributed by atoms with Gasteiger partial charge in [-0.2, -0.15) is 0 Å². The molecular weight excluding hydrogens is 376 g/mol. The van der Waals surface area contributed by atoms with E-state index in [2.05, 4.69) is 35.0 Å². The summed E-state index contributed by atoms with van der Waals surface area (Å²) in [6.45, 7) is 9.26. The average Bonchev–Trinajstić information content (AvgIpc) is 2.58. The number of allylic oxidation sites excluding steroid dienone is 2. The van der Waals surface area contributed by atoms with E-state index in [1.165, 1.54) is 20.1 Å². The van der Waals surface area contributed by atoms with Gasteiger partial charge >= 0.3 is 5.97 Å². The number of nitrogens with one attached hydrogen (secondary N) is 2. The normalized spacial score (nSPS) is 12.7. The van der Waals surface area contributed by atoms with Crippen LogP contribution in [0.3, 0.4) is 0 Å². The molecule has 2 N–H and O–H groups in total. The van der Waals surface area contributed by atoms with Gasteiger partial charge in [0.25, 0.3) is 0 Å². The Hall–Kier alpha value is -2.61. The zero-order valence-corrected chi connectivity index (χ0v) is 18.4. The summed E-state index contributed by atoms with van der Waals surface area (Å²) < 4.78 is 10.5. The molecule has 0 bridgehead atoms. The topological polar surface area (TPSA) is 93.7 Å². The molecule has 1 atom stereocenters. The fourth-order valence-corrected chi connectivity index (χ4v) is 3.31. The molecule has 0 aliphatic carbocycles. The van der Waals surface area contributed by atoms with Crippen LogP contribution in [0.25, 0.3) is 0 Å². The predicted molar refractivity (Wildman–Crippen MR) is 111 cm³/mol. The lowest BCUT2D eigenvalue weighted by atomic mass is 10.0. The van der Waals surface area contributed by atoms with Gasteiger partial charge in [-0.3, -0.25) is 14.4 Å². The molecule has 1 aromatic carbocycles. The van der Waals surface area contributed by atoms with Crippen molar-refractivity contribution in [2.45, 2.75) is 46.0 Å². The fourth-order valence-electron chi connectivity index (χ4n) is 2.47. The summed E-state index contributed by atoms with van der Waals surface area (Å²) in [5.74, 6) is -0.207. The zero-order chi connectivity index (χ0) is 21.3. The monoisotopic (exact) mass is 406 g/mol. The summed E-state index contributed by atoms with van der Waals surface area (Å²) in [6.07, 6.45) is 1.80. The second-order valence-corrected chi connectivity index (χ2v) is 11.9.